The quantitative estimate of drug-likeness (QED) is 0.772. The van der Waals surface area contributed by atoms with Gasteiger partial charge in [0.05, 0.1) is 17.8 Å². The van der Waals surface area contributed by atoms with Gasteiger partial charge in [-0.25, -0.2) is 8.42 Å². The first-order valence-electron chi connectivity index (χ1n) is 11.5. The third kappa shape index (κ3) is 3.49. The molecule has 0 radical (unpaired) electrons. The van der Waals surface area contributed by atoms with E-state index in [1.165, 1.54) is 49.0 Å². The van der Waals surface area contributed by atoms with Gasteiger partial charge in [-0.15, -0.1) is 0 Å². The Hall–Kier alpha value is -1.41. The van der Waals surface area contributed by atoms with E-state index >= 15 is 0 Å². The molecule has 0 unspecified atom stereocenters. The van der Waals surface area contributed by atoms with Gasteiger partial charge in [-0.3, -0.25) is 9.48 Å². The number of carbonyl (C=O) groups is 1. The molecule has 1 saturated heterocycles. The lowest BCUT2D eigenvalue weighted by Gasteiger charge is -2.57. The van der Waals surface area contributed by atoms with E-state index in [1.54, 1.807) is 18.7 Å². The van der Waals surface area contributed by atoms with E-state index < -0.39 is 10.0 Å². The molecule has 30 heavy (non-hydrogen) atoms. The number of nitrogens with one attached hydrogen (secondary N) is 1. The van der Waals surface area contributed by atoms with Gasteiger partial charge in [0.1, 0.15) is 4.90 Å². The number of hydrogen-bond donors (Lipinski definition) is 1. The van der Waals surface area contributed by atoms with Gasteiger partial charge in [0.2, 0.25) is 15.9 Å². The number of nitrogens with zero attached hydrogens (tertiary/aromatic N) is 3. The van der Waals surface area contributed by atoms with Crippen LogP contribution in [0, 0.1) is 36.0 Å². The first-order chi connectivity index (χ1) is 14.3. The van der Waals surface area contributed by atoms with Gasteiger partial charge in [0.15, 0.2) is 0 Å². The molecule has 6 rings (SSSR count). The van der Waals surface area contributed by atoms with E-state index in [4.69, 9.17) is 0 Å². The van der Waals surface area contributed by atoms with Crippen LogP contribution in [0.25, 0.3) is 0 Å². The Balaban J connectivity index is 1.23. The average Bonchev–Trinajstić information content (AvgIpc) is 3.04. The fourth-order valence-electron chi connectivity index (χ4n) is 7.17. The van der Waals surface area contributed by atoms with Gasteiger partial charge in [-0.1, -0.05) is 0 Å². The largest absolute Gasteiger partial charge is 0.355 e. The topological polar surface area (TPSA) is 84.3 Å². The average molecular weight is 435 g/mol. The number of aromatic nitrogens is 2. The summed E-state index contributed by atoms with van der Waals surface area (Å²) in [5, 5.41) is 7.34. The lowest BCUT2D eigenvalue weighted by atomic mass is 9.49. The fourth-order valence-corrected chi connectivity index (χ4v) is 8.88. The molecule has 0 aromatic carbocycles. The highest BCUT2D eigenvalue weighted by Crippen LogP contribution is 2.59. The van der Waals surface area contributed by atoms with Crippen LogP contribution in [0.4, 0.5) is 0 Å². The first kappa shape index (κ1) is 20.5. The molecule has 1 atom stereocenters. The predicted molar refractivity (Wildman–Crippen MR) is 113 cm³/mol. The Morgan fingerprint density at radius 1 is 1.20 bits per heavy atom. The molecule has 0 spiro atoms. The minimum absolute atomic E-state index is 0.0357. The third-order valence-electron chi connectivity index (χ3n) is 8.37. The predicted octanol–water partition coefficient (Wildman–Crippen LogP) is 2.46. The second-order valence-corrected chi connectivity index (χ2v) is 12.5. The number of carbonyl (C=O) groups excluding carboxylic acids is 1. The molecule has 1 aliphatic heterocycles. The summed E-state index contributed by atoms with van der Waals surface area (Å²) < 4.78 is 29.3. The summed E-state index contributed by atoms with van der Waals surface area (Å²) in [5.74, 6) is 2.37. The van der Waals surface area contributed by atoms with Gasteiger partial charge >= 0.3 is 0 Å². The highest BCUT2D eigenvalue weighted by atomic mass is 32.2. The molecule has 4 saturated carbocycles. The van der Waals surface area contributed by atoms with Crippen molar-refractivity contribution in [1.82, 2.24) is 19.4 Å². The number of hydrogen-bond acceptors (Lipinski definition) is 4. The maximum atomic E-state index is 13.1. The summed E-state index contributed by atoms with van der Waals surface area (Å²) in [5.41, 5.74) is 0.931. The lowest BCUT2D eigenvalue weighted by molar-refractivity contribution is -0.128. The SMILES string of the molecule is Cc1c(S(=O)(=O)N2CCC[C@@H](C(=O)NCC34CC5CC(CC(C5)C3)C4)C2)cnn1C. The molecule has 5 aliphatic rings. The van der Waals surface area contributed by atoms with E-state index in [-0.39, 0.29) is 23.3 Å². The van der Waals surface area contributed by atoms with Crippen LogP contribution in [0.2, 0.25) is 0 Å². The number of piperidine rings is 1. The van der Waals surface area contributed by atoms with Crippen LogP contribution < -0.4 is 5.32 Å². The molecule has 4 aliphatic carbocycles. The standard InChI is InChI=1S/C22H34N4O3S/c1-15-20(12-24-25(15)2)30(28,29)26-5-3-4-19(13-26)21(27)23-14-22-9-16-6-17(10-22)8-18(7-16)11-22/h12,16-19H,3-11,13-14H2,1-2H3,(H,23,27)/t16?,17?,18?,19-,22?/m1/s1. The van der Waals surface area contributed by atoms with Gasteiger partial charge in [-0.2, -0.15) is 9.40 Å². The molecular formula is C22H34N4O3S. The van der Waals surface area contributed by atoms with E-state index in [0.717, 1.165) is 30.7 Å². The normalized spacial score (nSPS) is 36.2. The zero-order chi connectivity index (χ0) is 21.1. The van der Waals surface area contributed by atoms with E-state index in [0.29, 0.717) is 24.1 Å². The molecule has 1 N–H and O–H groups in total. The second-order valence-electron chi connectivity index (χ2n) is 10.6. The third-order valence-corrected chi connectivity index (χ3v) is 10.3. The Bertz CT molecular complexity index is 903. The van der Waals surface area contributed by atoms with E-state index in [1.807, 2.05) is 0 Å². The van der Waals surface area contributed by atoms with Crippen molar-refractivity contribution < 1.29 is 13.2 Å². The van der Waals surface area contributed by atoms with Crippen LogP contribution in [-0.2, 0) is 21.9 Å². The maximum Gasteiger partial charge on any atom is 0.246 e. The summed E-state index contributed by atoms with van der Waals surface area (Å²) in [6.45, 7) is 3.28. The van der Waals surface area contributed by atoms with Gasteiger partial charge in [-0.05, 0) is 81.5 Å². The Kier molecular flexibility index (Phi) is 5.01. The van der Waals surface area contributed by atoms with Crippen molar-refractivity contribution in [2.24, 2.45) is 36.1 Å². The molecule has 2 heterocycles. The van der Waals surface area contributed by atoms with Crippen LogP contribution in [0.1, 0.15) is 57.1 Å². The first-order valence-corrected chi connectivity index (χ1v) is 13.0. The Morgan fingerprint density at radius 2 is 1.83 bits per heavy atom. The number of sulfonamides is 1. The number of aryl methyl sites for hydroxylation is 1. The van der Waals surface area contributed by atoms with E-state index in [9.17, 15) is 13.2 Å². The summed E-state index contributed by atoms with van der Waals surface area (Å²) in [4.78, 5) is 13.3. The molecule has 1 amide bonds. The van der Waals surface area contributed by atoms with Crippen molar-refractivity contribution in [3.63, 3.8) is 0 Å². The summed E-state index contributed by atoms with van der Waals surface area (Å²) in [7, 11) is -1.88. The van der Waals surface area contributed by atoms with Crippen LogP contribution in [-0.4, -0.2) is 48.0 Å². The lowest BCUT2D eigenvalue weighted by Crippen LogP contribution is -2.52. The fraction of sp³-hybridized carbons (Fsp3) is 0.818. The summed E-state index contributed by atoms with van der Waals surface area (Å²) >= 11 is 0. The molecule has 1 aromatic rings. The van der Waals surface area contributed by atoms with Crippen molar-refractivity contribution in [3.8, 4) is 0 Å². The van der Waals surface area contributed by atoms with Crippen molar-refractivity contribution in [2.75, 3.05) is 19.6 Å². The van der Waals surface area contributed by atoms with E-state index in [2.05, 4.69) is 10.4 Å². The molecule has 4 bridgehead atoms. The second kappa shape index (κ2) is 7.33. The van der Waals surface area contributed by atoms with Crippen LogP contribution in [0.3, 0.4) is 0 Å². The van der Waals surface area contributed by atoms with Gasteiger partial charge in [0, 0.05) is 26.7 Å². The molecule has 8 heteroatoms. The maximum absolute atomic E-state index is 13.1. The van der Waals surface area contributed by atoms with Crippen LogP contribution >= 0.6 is 0 Å². The minimum atomic E-state index is -3.62. The van der Waals surface area contributed by atoms with Crippen molar-refractivity contribution in [1.29, 1.82) is 0 Å². The summed E-state index contributed by atoms with van der Waals surface area (Å²) in [6, 6.07) is 0. The Labute approximate surface area is 179 Å². The molecule has 5 fully saturated rings. The van der Waals surface area contributed by atoms with Crippen LogP contribution in [0.15, 0.2) is 11.1 Å². The monoisotopic (exact) mass is 434 g/mol. The van der Waals surface area contributed by atoms with Crippen LogP contribution in [0.5, 0.6) is 0 Å². The number of amides is 1. The minimum Gasteiger partial charge on any atom is -0.355 e. The van der Waals surface area contributed by atoms with Gasteiger partial charge in [0.25, 0.3) is 0 Å². The molecule has 166 valence electrons. The van der Waals surface area contributed by atoms with Crippen molar-refractivity contribution in [2.45, 2.75) is 63.2 Å². The molecular weight excluding hydrogens is 400 g/mol. The highest BCUT2D eigenvalue weighted by molar-refractivity contribution is 7.89. The van der Waals surface area contributed by atoms with Crippen molar-refractivity contribution >= 4 is 15.9 Å². The molecule has 1 aromatic heterocycles. The van der Waals surface area contributed by atoms with Gasteiger partial charge < -0.3 is 5.32 Å². The number of rotatable bonds is 5. The zero-order valence-corrected chi connectivity index (χ0v) is 19.0. The summed E-state index contributed by atoms with van der Waals surface area (Å²) in [6.07, 6.45) is 10.9. The van der Waals surface area contributed by atoms with Crippen molar-refractivity contribution in [3.05, 3.63) is 11.9 Å². The molecule has 7 nitrogen and oxygen atoms in total. The Morgan fingerprint density at radius 3 is 2.40 bits per heavy atom. The zero-order valence-electron chi connectivity index (χ0n) is 18.1. The smallest absolute Gasteiger partial charge is 0.246 e. The highest BCUT2D eigenvalue weighted by Gasteiger charge is 2.51.